The zero-order chi connectivity index (χ0) is 11.5. The Hall–Kier alpha value is -0.320. The fraction of sp³-hybridized carbons (Fsp3) is 0.500. The molecule has 2 nitrogen and oxygen atoms in total. The number of hydrogen-bond donors (Lipinski definition) is 1. The Morgan fingerprint density at radius 1 is 1.56 bits per heavy atom. The van der Waals surface area contributed by atoms with Gasteiger partial charge >= 0.3 is 0 Å². The number of hydrogen-bond acceptors (Lipinski definition) is 4. The van der Waals surface area contributed by atoms with Gasteiger partial charge in [-0.05, 0) is 31.5 Å². The highest BCUT2D eigenvalue weighted by Gasteiger charge is 2.23. The minimum atomic E-state index is 0.600. The molecule has 0 saturated heterocycles. The van der Waals surface area contributed by atoms with E-state index in [1.807, 2.05) is 30.6 Å². The van der Waals surface area contributed by atoms with Crippen molar-refractivity contribution in [3.05, 3.63) is 18.2 Å². The highest BCUT2D eigenvalue weighted by molar-refractivity contribution is 8.00. The van der Waals surface area contributed by atoms with Gasteiger partial charge in [0.25, 0.3) is 0 Å². The molecule has 1 aromatic carbocycles. The maximum Gasteiger partial charge on any atom is 0.0505 e. The first-order valence-corrected chi connectivity index (χ1v) is 7.65. The summed E-state index contributed by atoms with van der Waals surface area (Å²) in [5.74, 6) is 1.17. The summed E-state index contributed by atoms with van der Waals surface area (Å²) in [4.78, 5) is 5.17. The second-order valence-corrected chi connectivity index (χ2v) is 5.91. The first kappa shape index (κ1) is 12.1. The highest BCUT2D eigenvalue weighted by atomic mass is 32.2. The molecule has 1 aromatic rings. The van der Waals surface area contributed by atoms with Gasteiger partial charge in [0.15, 0.2) is 0 Å². The fourth-order valence-corrected chi connectivity index (χ4v) is 3.75. The van der Waals surface area contributed by atoms with Crippen LogP contribution in [0.5, 0.6) is 0 Å². The molecule has 0 saturated carbocycles. The van der Waals surface area contributed by atoms with Crippen LogP contribution in [-0.4, -0.2) is 38.7 Å². The number of benzene rings is 1. The van der Waals surface area contributed by atoms with Crippen molar-refractivity contribution in [3.63, 3.8) is 0 Å². The lowest BCUT2D eigenvalue weighted by molar-refractivity contribution is 0.629. The summed E-state index contributed by atoms with van der Waals surface area (Å²) in [7, 11) is 4.21. The third-order valence-electron chi connectivity index (χ3n) is 2.97. The molecule has 0 aliphatic carbocycles. The summed E-state index contributed by atoms with van der Waals surface area (Å²) < 4.78 is 0. The molecular weight excluding hydrogens is 236 g/mol. The normalized spacial score (nSPS) is 19.7. The molecular formula is C12H18N2S2. The third-order valence-corrected chi connectivity index (χ3v) is 4.88. The van der Waals surface area contributed by atoms with Crippen LogP contribution in [0.4, 0.5) is 5.69 Å². The molecule has 1 heterocycles. The van der Waals surface area contributed by atoms with Gasteiger partial charge in [-0.1, -0.05) is 0 Å². The van der Waals surface area contributed by atoms with Gasteiger partial charge in [0.2, 0.25) is 0 Å². The molecule has 1 aliphatic rings. The standard InChI is InChI=1S/C12H18N2S2/c1-13-7-9-8-16-12-6-10(15-3)4-5-11(12)14(9)2/h4-6,9,13H,7-8H2,1-3H3. The topological polar surface area (TPSA) is 15.3 Å². The van der Waals surface area contributed by atoms with Gasteiger partial charge in [0, 0.05) is 29.1 Å². The van der Waals surface area contributed by atoms with Gasteiger partial charge in [-0.15, -0.1) is 23.5 Å². The predicted molar refractivity (Wildman–Crippen MR) is 75.1 cm³/mol. The number of nitrogens with one attached hydrogen (secondary N) is 1. The van der Waals surface area contributed by atoms with Crippen molar-refractivity contribution in [3.8, 4) is 0 Å². The molecule has 2 rings (SSSR count). The molecule has 16 heavy (non-hydrogen) atoms. The molecule has 1 unspecified atom stereocenters. The van der Waals surface area contributed by atoms with E-state index in [-0.39, 0.29) is 0 Å². The Labute approximate surface area is 106 Å². The van der Waals surface area contributed by atoms with E-state index in [9.17, 15) is 0 Å². The monoisotopic (exact) mass is 254 g/mol. The molecule has 1 aliphatic heterocycles. The van der Waals surface area contributed by atoms with Crippen molar-refractivity contribution >= 4 is 29.2 Å². The van der Waals surface area contributed by atoms with Crippen LogP contribution in [0.1, 0.15) is 0 Å². The summed E-state index contributed by atoms with van der Waals surface area (Å²) in [6.45, 7) is 1.05. The average Bonchev–Trinajstić information content (AvgIpc) is 2.32. The lowest BCUT2D eigenvalue weighted by atomic mass is 10.2. The highest BCUT2D eigenvalue weighted by Crippen LogP contribution is 2.38. The van der Waals surface area contributed by atoms with Crippen LogP contribution in [0.2, 0.25) is 0 Å². The summed E-state index contributed by atoms with van der Waals surface area (Å²) in [5.41, 5.74) is 1.37. The number of likely N-dealkylation sites (N-methyl/N-ethyl adjacent to an activating group) is 2. The van der Waals surface area contributed by atoms with Crippen molar-refractivity contribution in [2.45, 2.75) is 15.8 Å². The SMILES string of the molecule is CNCC1CSc2cc(SC)ccc2N1C. The summed E-state index contributed by atoms with van der Waals surface area (Å²) in [6.07, 6.45) is 2.13. The van der Waals surface area contributed by atoms with Crippen LogP contribution in [0.3, 0.4) is 0 Å². The van der Waals surface area contributed by atoms with Crippen LogP contribution < -0.4 is 10.2 Å². The van der Waals surface area contributed by atoms with Gasteiger partial charge in [-0.25, -0.2) is 0 Å². The van der Waals surface area contributed by atoms with Crippen LogP contribution in [-0.2, 0) is 0 Å². The van der Waals surface area contributed by atoms with Gasteiger partial charge < -0.3 is 10.2 Å². The van der Waals surface area contributed by atoms with Crippen molar-refractivity contribution in [1.29, 1.82) is 0 Å². The molecule has 88 valence electrons. The summed E-state index contributed by atoms with van der Waals surface area (Å²) in [5, 5.41) is 3.26. The molecule has 0 fully saturated rings. The number of rotatable bonds is 3. The zero-order valence-corrected chi connectivity index (χ0v) is 11.6. The molecule has 0 radical (unpaired) electrons. The number of fused-ring (bicyclic) bond motifs is 1. The fourth-order valence-electron chi connectivity index (χ4n) is 1.95. The van der Waals surface area contributed by atoms with Gasteiger partial charge in [-0.2, -0.15) is 0 Å². The van der Waals surface area contributed by atoms with Gasteiger partial charge in [0.1, 0.15) is 0 Å². The Kier molecular flexibility index (Phi) is 4.05. The lowest BCUT2D eigenvalue weighted by Gasteiger charge is -2.35. The Morgan fingerprint density at radius 3 is 3.06 bits per heavy atom. The van der Waals surface area contributed by atoms with Gasteiger partial charge in [0.05, 0.1) is 11.7 Å². The smallest absolute Gasteiger partial charge is 0.0505 e. The summed E-state index contributed by atoms with van der Waals surface area (Å²) >= 11 is 3.78. The van der Waals surface area contributed by atoms with Crippen LogP contribution in [0.15, 0.2) is 28.0 Å². The first-order valence-electron chi connectivity index (χ1n) is 5.44. The van der Waals surface area contributed by atoms with Crippen molar-refractivity contribution < 1.29 is 0 Å². The van der Waals surface area contributed by atoms with Crippen molar-refractivity contribution in [2.24, 2.45) is 0 Å². The van der Waals surface area contributed by atoms with Crippen molar-refractivity contribution in [1.82, 2.24) is 5.32 Å². The maximum atomic E-state index is 3.26. The quantitative estimate of drug-likeness (QED) is 0.833. The predicted octanol–water partition coefficient (Wildman–Crippen LogP) is 2.54. The van der Waals surface area contributed by atoms with E-state index in [1.165, 1.54) is 21.2 Å². The minimum Gasteiger partial charge on any atom is -0.369 e. The molecule has 0 amide bonds. The largest absolute Gasteiger partial charge is 0.369 e. The second kappa shape index (κ2) is 5.34. The van der Waals surface area contributed by atoms with Crippen LogP contribution in [0.25, 0.3) is 0 Å². The van der Waals surface area contributed by atoms with E-state index in [0.29, 0.717) is 6.04 Å². The molecule has 0 aromatic heterocycles. The Bertz CT molecular complexity index is 368. The van der Waals surface area contributed by atoms with E-state index in [2.05, 4.69) is 41.7 Å². The first-order chi connectivity index (χ1) is 7.76. The van der Waals surface area contributed by atoms with E-state index in [0.717, 1.165) is 6.54 Å². The van der Waals surface area contributed by atoms with E-state index in [4.69, 9.17) is 0 Å². The van der Waals surface area contributed by atoms with Crippen molar-refractivity contribution in [2.75, 3.05) is 37.5 Å². The zero-order valence-electron chi connectivity index (χ0n) is 9.99. The molecule has 0 spiro atoms. The minimum absolute atomic E-state index is 0.600. The lowest BCUT2D eigenvalue weighted by Crippen LogP contribution is -2.43. The number of anilines is 1. The molecule has 4 heteroatoms. The number of nitrogens with zero attached hydrogens (tertiary/aromatic N) is 1. The Morgan fingerprint density at radius 2 is 2.38 bits per heavy atom. The maximum absolute atomic E-state index is 3.26. The van der Waals surface area contributed by atoms with Crippen LogP contribution in [0, 0.1) is 0 Å². The third kappa shape index (κ3) is 2.34. The Balaban J connectivity index is 2.24. The van der Waals surface area contributed by atoms with Gasteiger partial charge in [-0.3, -0.25) is 0 Å². The molecule has 1 atom stereocenters. The summed E-state index contributed by atoms with van der Waals surface area (Å²) in [6, 6.07) is 7.36. The van der Waals surface area contributed by atoms with E-state index in [1.54, 1.807) is 0 Å². The number of thioether (sulfide) groups is 2. The molecule has 1 N–H and O–H groups in total. The van der Waals surface area contributed by atoms with E-state index >= 15 is 0 Å². The molecule has 0 bridgehead atoms. The van der Waals surface area contributed by atoms with E-state index < -0.39 is 0 Å². The average molecular weight is 254 g/mol. The van der Waals surface area contributed by atoms with Crippen LogP contribution >= 0.6 is 23.5 Å². The second-order valence-electron chi connectivity index (χ2n) is 3.97.